The number of rotatable bonds is 9. The average molecular weight is 464 g/mol. The van der Waals surface area contributed by atoms with Gasteiger partial charge in [-0.15, -0.1) is 0 Å². The lowest BCUT2D eigenvalue weighted by atomic mass is 10.0. The third-order valence-corrected chi connectivity index (χ3v) is 7.57. The van der Waals surface area contributed by atoms with Crippen LogP contribution in [0.3, 0.4) is 0 Å². The van der Waals surface area contributed by atoms with E-state index in [9.17, 15) is 17.6 Å². The fourth-order valence-corrected chi connectivity index (χ4v) is 4.95. The Kier molecular flexibility index (Phi) is 8.09. The molecule has 32 heavy (non-hydrogen) atoms. The van der Waals surface area contributed by atoms with Gasteiger partial charge in [0, 0.05) is 44.8 Å². The lowest BCUT2D eigenvalue weighted by Crippen LogP contribution is -2.44. The first-order valence-electron chi connectivity index (χ1n) is 10.7. The average Bonchev–Trinajstić information content (AvgIpc) is 2.80. The summed E-state index contributed by atoms with van der Waals surface area (Å²) in [5.74, 6) is 0.269. The zero-order valence-corrected chi connectivity index (χ0v) is 19.3. The summed E-state index contributed by atoms with van der Waals surface area (Å²) in [7, 11) is -0.588. The van der Waals surface area contributed by atoms with Crippen LogP contribution in [0.15, 0.2) is 53.4 Å². The summed E-state index contributed by atoms with van der Waals surface area (Å²) >= 11 is 0. The number of piperidine rings is 1. The van der Waals surface area contributed by atoms with Crippen LogP contribution in [0.1, 0.15) is 25.7 Å². The van der Waals surface area contributed by atoms with E-state index >= 15 is 0 Å². The van der Waals surface area contributed by atoms with Crippen molar-refractivity contribution in [1.82, 2.24) is 9.62 Å². The predicted octanol–water partition coefficient (Wildman–Crippen LogP) is 3.02. The molecule has 1 aliphatic heterocycles. The van der Waals surface area contributed by atoms with Gasteiger partial charge in [-0.05, 0) is 67.8 Å². The van der Waals surface area contributed by atoms with Crippen molar-refractivity contribution in [2.45, 2.75) is 36.6 Å². The molecule has 2 aromatic rings. The molecule has 174 valence electrons. The van der Waals surface area contributed by atoms with Crippen LogP contribution in [0.2, 0.25) is 0 Å². The number of methoxy groups -OCH3 is 1. The Morgan fingerprint density at radius 3 is 2.34 bits per heavy atom. The normalized spacial score (nSPS) is 15.1. The Balaban J connectivity index is 1.39. The summed E-state index contributed by atoms with van der Waals surface area (Å²) in [6.07, 6.45) is 2.38. The second-order valence-corrected chi connectivity index (χ2v) is 9.96. The van der Waals surface area contributed by atoms with Crippen LogP contribution in [0.4, 0.5) is 10.1 Å². The van der Waals surface area contributed by atoms with Crippen LogP contribution in [0.25, 0.3) is 0 Å². The van der Waals surface area contributed by atoms with Crippen molar-refractivity contribution in [3.8, 4) is 5.75 Å². The minimum Gasteiger partial charge on any atom is -0.497 e. The molecule has 1 heterocycles. The van der Waals surface area contributed by atoms with Crippen LogP contribution in [-0.4, -0.2) is 58.5 Å². The number of anilines is 1. The summed E-state index contributed by atoms with van der Waals surface area (Å²) in [6, 6.07) is 12.8. The molecule has 1 aliphatic rings. The summed E-state index contributed by atoms with van der Waals surface area (Å²) < 4.78 is 44.4. The Hall–Kier alpha value is -2.65. The second-order valence-electron chi connectivity index (χ2n) is 7.91. The fourth-order valence-electron chi connectivity index (χ4n) is 3.74. The molecule has 0 unspecified atom stereocenters. The molecule has 0 atom stereocenters. The van der Waals surface area contributed by atoms with Gasteiger partial charge in [-0.25, -0.2) is 17.1 Å². The molecule has 0 radical (unpaired) electrons. The van der Waals surface area contributed by atoms with Crippen molar-refractivity contribution < 1.29 is 22.3 Å². The van der Waals surface area contributed by atoms with Gasteiger partial charge < -0.3 is 15.0 Å². The largest absolute Gasteiger partial charge is 0.497 e. The maximum Gasteiger partial charge on any atom is 0.242 e. The van der Waals surface area contributed by atoms with Gasteiger partial charge >= 0.3 is 0 Å². The van der Waals surface area contributed by atoms with E-state index in [1.54, 1.807) is 7.11 Å². The summed E-state index contributed by atoms with van der Waals surface area (Å²) in [5.41, 5.74) is 1.14. The highest BCUT2D eigenvalue weighted by molar-refractivity contribution is 7.89. The highest BCUT2D eigenvalue weighted by atomic mass is 32.2. The van der Waals surface area contributed by atoms with Crippen molar-refractivity contribution in [1.29, 1.82) is 0 Å². The first kappa shape index (κ1) is 24.0. The lowest BCUT2D eigenvalue weighted by molar-refractivity contribution is -0.122. The molecule has 0 aromatic heterocycles. The van der Waals surface area contributed by atoms with E-state index in [0.717, 1.165) is 49.5 Å². The molecule has 1 fully saturated rings. The molecule has 9 heteroatoms. The quantitative estimate of drug-likeness (QED) is 0.619. The van der Waals surface area contributed by atoms with Crippen molar-refractivity contribution >= 4 is 21.6 Å². The smallest absolute Gasteiger partial charge is 0.242 e. The number of nitrogens with zero attached hydrogens (tertiary/aromatic N) is 2. The first-order valence-corrected chi connectivity index (χ1v) is 12.1. The number of ether oxygens (including phenoxy) is 1. The van der Waals surface area contributed by atoms with Crippen molar-refractivity contribution in [2.24, 2.45) is 0 Å². The predicted molar refractivity (Wildman–Crippen MR) is 122 cm³/mol. The number of hydrogen-bond acceptors (Lipinski definition) is 5. The zero-order chi connectivity index (χ0) is 23.1. The Labute approximate surface area is 189 Å². The van der Waals surface area contributed by atoms with E-state index in [0.29, 0.717) is 6.42 Å². The molecule has 2 aromatic carbocycles. The molecular weight excluding hydrogens is 433 g/mol. The number of amides is 1. The van der Waals surface area contributed by atoms with Gasteiger partial charge in [0.25, 0.3) is 0 Å². The maximum atomic E-state index is 13.0. The van der Waals surface area contributed by atoms with Crippen LogP contribution < -0.4 is 15.0 Å². The van der Waals surface area contributed by atoms with E-state index in [4.69, 9.17) is 4.74 Å². The minimum atomic E-state index is -3.70. The molecule has 1 amide bonds. The number of sulfonamides is 1. The standard InChI is InChI=1S/C23H30FN3O4S/c1-26(32(29,30)22-11-5-18(24)6-12-22)15-3-4-23(28)25-19-13-16-27(17-14-19)20-7-9-21(31-2)10-8-20/h5-12,19H,3-4,13-17H2,1-2H3,(H,25,28). The second kappa shape index (κ2) is 10.8. The Bertz CT molecular complexity index is 989. The number of carbonyl (C=O) groups excluding carboxylic acids is 1. The number of halogens is 1. The number of benzene rings is 2. The summed E-state index contributed by atoms with van der Waals surface area (Å²) in [6.45, 7) is 1.93. The number of nitrogens with one attached hydrogen (secondary N) is 1. The van der Waals surface area contributed by atoms with Crippen LogP contribution in [-0.2, 0) is 14.8 Å². The molecule has 0 bridgehead atoms. The van der Waals surface area contributed by atoms with E-state index in [1.807, 2.05) is 24.3 Å². The third-order valence-electron chi connectivity index (χ3n) is 5.70. The van der Waals surface area contributed by atoms with Gasteiger partial charge in [-0.3, -0.25) is 4.79 Å². The molecule has 0 saturated carbocycles. The zero-order valence-electron chi connectivity index (χ0n) is 18.5. The van der Waals surface area contributed by atoms with Crippen molar-refractivity contribution in [3.63, 3.8) is 0 Å². The molecule has 7 nitrogen and oxygen atoms in total. The highest BCUT2D eigenvalue weighted by Gasteiger charge is 2.23. The number of carbonyl (C=O) groups is 1. The maximum absolute atomic E-state index is 13.0. The summed E-state index contributed by atoms with van der Waals surface area (Å²) in [4.78, 5) is 14.6. The summed E-state index contributed by atoms with van der Waals surface area (Å²) in [5, 5.41) is 3.06. The lowest BCUT2D eigenvalue weighted by Gasteiger charge is -2.34. The van der Waals surface area contributed by atoms with Crippen molar-refractivity contribution in [2.75, 3.05) is 38.7 Å². The Morgan fingerprint density at radius 1 is 1.12 bits per heavy atom. The van der Waals surface area contributed by atoms with E-state index in [-0.39, 0.29) is 29.8 Å². The third kappa shape index (κ3) is 6.20. The van der Waals surface area contributed by atoms with Crippen LogP contribution in [0.5, 0.6) is 5.75 Å². The molecule has 3 rings (SSSR count). The molecule has 1 N–H and O–H groups in total. The van der Waals surface area contributed by atoms with E-state index < -0.39 is 15.8 Å². The van der Waals surface area contributed by atoms with Gasteiger partial charge in [0.15, 0.2) is 0 Å². The molecule has 0 spiro atoms. The van der Waals surface area contributed by atoms with Gasteiger partial charge in [-0.1, -0.05) is 0 Å². The first-order chi connectivity index (χ1) is 15.3. The fraction of sp³-hybridized carbons (Fsp3) is 0.435. The van der Waals surface area contributed by atoms with Crippen LogP contribution in [0, 0.1) is 5.82 Å². The molecule has 1 saturated heterocycles. The van der Waals surface area contributed by atoms with Crippen molar-refractivity contribution in [3.05, 3.63) is 54.3 Å². The number of hydrogen-bond donors (Lipinski definition) is 1. The highest BCUT2D eigenvalue weighted by Crippen LogP contribution is 2.23. The Morgan fingerprint density at radius 2 is 1.75 bits per heavy atom. The van der Waals surface area contributed by atoms with E-state index in [1.165, 1.54) is 23.5 Å². The SMILES string of the molecule is COc1ccc(N2CCC(NC(=O)CCCN(C)S(=O)(=O)c3ccc(F)cc3)CC2)cc1. The monoisotopic (exact) mass is 463 g/mol. The molecule has 0 aliphatic carbocycles. The minimum absolute atomic E-state index is 0.0365. The van der Waals surface area contributed by atoms with Gasteiger partial charge in [0.2, 0.25) is 15.9 Å². The van der Waals surface area contributed by atoms with E-state index in [2.05, 4.69) is 10.2 Å². The van der Waals surface area contributed by atoms with Gasteiger partial charge in [0.05, 0.1) is 12.0 Å². The van der Waals surface area contributed by atoms with Crippen LogP contribution >= 0.6 is 0 Å². The topological polar surface area (TPSA) is 79.0 Å². The van der Waals surface area contributed by atoms with Gasteiger partial charge in [0.1, 0.15) is 11.6 Å². The molecular formula is C23H30FN3O4S. The van der Waals surface area contributed by atoms with Gasteiger partial charge in [-0.2, -0.15) is 0 Å².